The SMILES string of the molecule is O=C1/C(=C/c2cccc(OCc3ccccc3)c2)SC(=S)N1c1ccccc1. The van der Waals surface area contributed by atoms with Gasteiger partial charge in [0, 0.05) is 0 Å². The highest BCUT2D eigenvalue weighted by molar-refractivity contribution is 8.27. The third-order valence-electron chi connectivity index (χ3n) is 4.21. The fourth-order valence-electron chi connectivity index (χ4n) is 2.85. The maximum Gasteiger partial charge on any atom is 0.270 e. The number of amides is 1. The Morgan fingerprint density at radius 1 is 0.929 bits per heavy atom. The zero-order valence-electron chi connectivity index (χ0n) is 14.9. The van der Waals surface area contributed by atoms with Crippen LogP contribution in [0.2, 0.25) is 0 Å². The van der Waals surface area contributed by atoms with Gasteiger partial charge in [0.2, 0.25) is 0 Å². The lowest BCUT2D eigenvalue weighted by atomic mass is 10.2. The molecule has 0 N–H and O–H groups in total. The highest BCUT2D eigenvalue weighted by Gasteiger charge is 2.33. The van der Waals surface area contributed by atoms with E-state index in [1.807, 2.05) is 91.0 Å². The molecule has 0 saturated carbocycles. The molecule has 0 unspecified atom stereocenters. The van der Waals surface area contributed by atoms with Gasteiger partial charge in [-0.05, 0) is 41.5 Å². The van der Waals surface area contributed by atoms with Crippen molar-refractivity contribution in [3.8, 4) is 5.75 Å². The number of carbonyl (C=O) groups excluding carboxylic acids is 1. The summed E-state index contributed by atoms with van der Waals surface area (Å²) in [5.74, 6) is 0.660. The monoisotopic (exact) mass is 403 g/mol. The van der Waals surface area contributed by atoms with Gasteiger partial charge in [0.05, 0.1) is 10.6 Å². The average Bonchev–Trinajstić information content (AvgIpc) is 3.01. The lowest BCUT2D eigenvalue weighted by Gasteiger charge is -2.13. The van der Waals surface area contributed by atoms with Gasteiger partial charge in [-0.15, -0.1) is 0 Å². The first-order valence-corrected chi connectivity index (χ1v) is 10.0. The number of thioether (sulfide) groups is 1. The van der Waals surface area contributed by atoms with Crippen molar-refractivity contribution >= 4 is 46.0 Å². The van der Waals surface area contributed by atoms with E-state index in [0.29, 0.717) is 15.8 Å². The number of rotatable bonds is 5. The molecule has 1 saturated heterocycles. The molecule has 4 rings (SSSR count). The van der Waals surface area contributed by atoms with Crippen LogP contribution in [-0.4, -0.2) is 10.2 Å². The van der Waals surface area contributed by atoms with Crippen molar-refractivity contribution in [3.05, 3.63) is 101 Å². The van der Waals surface area contributed by atoms with Gasteiger partial charge in [0.25, 0.3) is 5.91 Å². The summed E-state index contributed by atoms with van der Waals surface area (Å²) in [5.41, 5.74) is 2.80. The van der Waals surface area contributed by atoms with Crippen LogP contribution in [-0.2, 0) is 11.4 Å². The molecule has 0 radical (unpaired) electrons. The van der Waals surface area contributed by atoms with Gasteiger partial charge >= 0.3 is 0 Å². The standard InChI is InChI=1S/C23H17NO2S2/c25-22-21(28-23(27)24(22)19-11-5-2-6-12-19)15-18-10-7-13-20(14-18)26-16-17-8-3-1-4-9-17/h1-15H,16H2/b21-15-. The maximum atomic E-state index is 12.8. The molecule has 3 nitrogen and oxygen atoms in total. The molecule has 1 fully saturated rings. The van der Waals surface area contributed by atoms with Crippen molar-refractivity contribution < 1.29 is 9.53 Å². The van der Waals surface area contributed by atoms with Crippen molar-refractivity contribution in [2.75, 3.05) is 4.90 Å². The number of hydrogen-bond donors (Lipinski definition) is 0. The molecule has 0 atom stereocenters. The van der Waals surface area contributed by atoms with Crippen LogP contribution in [0.1, 0.15) is 11.1 Å². The third-order valence-corrected chi connectivity index (χ3v) is 5.51. The number of anilines is 1. The smallest absolute Gasteiger partial charge is 0.270 e. The van der Waals surface area contributed by atoms with Crippen LogP contribution in [0.3, 0.4) is 0 Å². The average molecular weight is 404 g/mol. The van der Waals surface area contributed by atoms with Gasteiger partial charge in [-0.2, -0.15) is 0 Å². The molecule has 1 amide bonds. The van der Waals surface area contributed by atoms with E-state index in [1.165, 1.54) is 11.8 Å². The number of para-hydroxylation sites is 1. The number of hydrogen-bond acceptors (Lipinski definition) is 4. The maximum absolute atomic E-state index is 12.8. The van der Waals surface area contributed by atoms with Gasteiger partial charge in [0.1, 0.15) is 12.4 Å². The van der Waals surface area contributed by atoms with E-state index in [9.17, 15) is 4.79 Å². The summed E-state index contributed by atoms with van der Waals surface area (Å²) in [5, 5.41) is 0. The Labute approximate surface area is 173 Å². The molecule has 1 heterocycles. The zero-order valence-corrected chi connectivity index (χ0v) is 16.6. The molecule has 1 aliphatic rings. The minimum atomic E-state index is -0.100. The fraction of sp³-hybridized carbons (Fsp3) is 0.0435. The highest BCUT2D eigenvalue weighted by atomic mass is 32.2. The van der Waals surface area contributed by atoms with Gasteiger partial charge in [-0.25, -0.2) is 0 Å². The Morgan fingerprint density at radius 3 is 2.39 bits per heavy atom. The van der Waals surface area contributed by atoms with Crippen molar-refractivity contribution in [2.45, 2.75) is 6.61 Å². The van der Waals surface area contributed by atoms with Crippen molar-refractivity contribution in [1.29, 1.82) is 0 Å². The number of benzene rings is 3. The fourth-order valence-corrected chi connectivity index (χ4v) is 4.15. The van der Waals surface area contributed by atoms with Crippen LogP contribution in [0.25, 0.3) is 6.08 Å². The molecule has 0 aliphatic carbocycles. The molecule has 28 heavy (non-hydrogen) atoms. The summed E-state index contributed by atoms with van der Waals surface area (Å²) in [6.45, 7) is 0.500. The first-order valence-electron chi connectivity index (χ1n) is 8.80. The van der Waals surface area contributed by atoms with Gasteiger partial charge < -0.3 is 4.74 Å². The lowest BCUT2D eigenvalue weighted by molar-refractivity contribution is -0.113. The Hall–Kier alpha value is -2.89. The second-order valence-corrected chi connectivity index (χ2v) is 7.88. The number of thiocarbonyl (C=S) groups is 1. The van der Waals surface area contributed by atoms with Crippen LogP contribution in [0.15, 0.2) is 89.8 Å². The quantitative estimate of drug-likeness (QED) is 0.405. The number of nitrogens with zero attached hydrogens (tertiary/aromatic N) is 1. The summed E-state index contributed by atoms with van der Waals surface area (Å²) in [6, 6.07) is 27.2. The number of carbonyl (C=O) groups is 1. The predicted octanol–water partition coefficient (Wildman–Crippen LogP) is 5.67. The Morgan fingerprint density at radius 2 is 1.64 bits per heavy atom. The second-order valence-electron chi connectivity index (χ2n) is 6.20. The summed E-state index contributed by atoms with van der Waals surface area (Å²) >= 11 is 6.73. The minimum Gasteiger partial charge on any atom is -0.489 e. The third kappa shape index (κ3) is 4.16. The molecule has 3 aromatic rings. The van der Waals surface area contributed by atoms with Crippen LogP contribution < -0.4 is 9.64 Å². The number of ether oxygens (including phenoxy) is 1. The summed E-state index contributed by atoms with van der Waals surface area (Å²) in [4.78, 5) is 15.0. The van der Waals surface area contributed by atoms with Crippen LogP contribution in [0.4, 0.5) is 5.69 Å². The van der Waals surface area contributed by atoms with Crippen LogP contribution in [0.5, 0.6) is 5.75 Å². The van der Waals surface area contributed by atoms with E-state index in [1.54, 1.807) is 4.90 Å². The van der Waals surface area contributed by atoms with Crippen LogP contribution in [0, 0.1) is 0 Å². The molecule has 0 spiro atoms. The summed E-state index contributed by atoms with van der Waals surface area (Å²) in [7, 11) is 0. The molecule has 5 heteroatoms. The topological polar surface area (TPSA) is 29.5 Å². The zero-order chi connectivity index (χ0) is 19.3. The normalized spacial score (nSPS) is 15.3. The Kier molecular flexibility index (Phi) is 5.55. The van der Waals surface area contributed by atoms with E-state index >= 15 is 0 Å². The Bertz CT molecular complexity index is 1030. The van der Waals surface area contributed by atoms with Crippen molar-refractivity contribution in [3.63, 3.8) is 0 Å². The molecule has 1 aliphatic heterocycles. The molecule has 0 aromatic heterocycles. The molecular formula is C23H17NO2S2. The van der Waals surface area contributed by atoms with E-state index in [0.717, 1.165) is 22.6 Å². The first kappa shape index (κ1) is 18.5. The van der Waals surface area contributed by atoms with Crippen molar-refractivity contribution in [2.24, 2.45) is 0 Å². The minimum absolute atomic E-state index is 0.100. The van der Waals surface area contributed by atoms with E-state index in [4.69, 9.17) is 17.0 Å². The molecule has 138 valence electrons. The van der Waals surface area contributed by atoms with Crippen LogP contribution >= 0.6 is 24.0 Å². The van der Waals surface area contributed by atoms with Gasteiger partial charge in [0.15, 0.2) is 4.32 Å². The van der Waals surface area contributed by atoms with E-state index in [2.05, 4.69) is 0 Å². The molecule has 3 aromatic carbocycles. The summed E-state index contributed by atoms with van der Waals surface area (Å²) < 4.78 is 6.42. The van der Waals surface area contributed by atoms with Crippen molar-refractivity contribution in [1.82, 2.24) is 0 Å². The first-order chi connectivity index (χ1) is 13.7. The van der Waals surface area contributed by atoms with E-state index < -0.39 is 0 Å². The van der Waals surface area contributed by atoms with Gasteiger partial charge in [-0.1, -0.05) is 84.6 Å². The molecule has 0 bridgehead atoms. The highest BCUT2D eigenvalue weighted by Crippen LogP contribution is 2.36. The predicted molar refractivity (Wildman–Crippen MR) is 119 cm³/mol. The van der Waals surface area contributed by atoms with Gasteiger partial charge in [-0.3, -0.25) is 9.69 Å². The second kappa shape index (κ2) is 8.42. The Balaban J connectivity index is 1.51. The van der Waals surface area contributed by atoms with E-state index in [-0.39, 0.29) is 5.91 Å². The summed E-state index contributed by atoms with van der Waals surface area (Å²) in [6.07, 6.45) is 1.86. The lowest BCUT2D eigenvalue weighted by Crippen LogP contribution is -2.27. The largest absolute Gasteiger partial charge is 0.489 e. The molecular weight excluding hydrogens is 386 g/mol.